The quantitative estimate of drug-likeness (QED) is 0.867. The van der Waals surface area contributed by atoms with E-state index in [1.54, 1.807) is 12.1 Å². The summed E-state index contributed by atoms with van der Waals surface area (Å²) in [4.78, 5) is 0.921. The average molecular weight is 324 g/mol. The first-order valence-electron chi connectivity index (χ1n) is 5.72. The molecule has 0 spiro atoms. The molecule has 1 N–H and O–H groups in total. The topological polar surface area (TPSA) is 83.6 Å². The summed E-state index contributed by atoms with van der Waals surface area (Å²) in [6.07, 6.45) is 1.63. The van der Waals surface area contributed by atoms with Crippen LogP contribution in [-0.2, 0) is 20.0 Å². The van der Waals surface area contributed by atoms with Gasteiger partial charge in [0.05, 0.1) is 6.26 Å². The van der Waals surface area contributed by atoms with Crippen molar-refractivity contribution in [2.45, 2.75) is 23.6 Å². The van der Waals surface area contributed by atoms with E-state index in [1.165, 1.54) is 15.6 Å². The summed E-state index contributed by atoms with van der Waals surface area (Å²) in [5, 5.41) is 0. The Kier molecular flexibility index (Phi) is 4.03. The number of nitrogens with zero attached hydrogens (tertiary/aromatic N) is 1. The standard InChI is InChI=1S/C10H16N2O4S3/c1-8-3-4-10(17-8)19(15,16)11-9-5-6-12(7-9)18(2,13)14/h3-4,9,11H,5-7H2,1-2H3. The minimum absolute atomic E-state index is 0.197. The zero-order valence-electron chi connectivity index (χ0n) is 10.7. The lowest BCUT2D eigenvalue weighted by molar-refractivity contribution is 0.472. The van der Waals surface area contributed by atoms with Crippen LogP contribution in [0.2, 0.25) is 0 Å². The third kappa shape index (κ3) is 3.54. The van der Waals surface area contributed by atoms with Crippen LogP contribution in [0.4, 0.5) is 0 Å². The molecule has 108 valence electrons. The summed E-state index contributed by atoms with van der Waals surface area (Å²) in [7, 11) is -6.80. The van der Waals surface area contributed by atoms with Gasteiger partial charge in [-0.15, -0.1) is 11.3 Å². The monoisotopic (exact) mass is 324 g/mol. The van der Waals surface area contributed by atoms with Gasteiger partial charge in [-0.2, -0.15) is 0 Å². The summed E-state index contributed by atoms with van der Waals surface area (Å²) < 4.78 is 51.0. The van der Waals surface area contributed by atoms with Crippen LogP contribution in [0, 0.1) is 6.92 Å². The van der Waals surface area contributed by atoms with Crippen molar-refractivity contribution in [1.82, 2.24) is 9.03 Å². The van der Waals surface area contributed by atoms with Crippen molar-refractivity contribution in [3.63, 3.8) is 0 Å². The highest BCUT2D eigenvalue weighted by atomic mass is 32.2. The Morgan fingerprint density at radius 2 is 2.00 bits per heavy atom. The first kappa shape index (κ1) is 14.9. The van der Waals surface area contributed by atoms with Gasteiger partial charge in [-0.25, -0.2) is 25.9 Å². The number of rotatable bonds is 4. The van der Waals surface area contributed by atoms with Crippen LogP contribution in [0.3, 0.4) is 0 Å². The minimum Gasteiger partial charge on any atom is -0.213 e. The van der Waals surface area contributed by atoms with E-state index >= 15 is 0 Å². The molecule has 1 aliphatic heterocycles. The van der Waals surface area contributed by atoms with Crippen LogP contribution in [0.1, 0.15) is 11.3 Å². The number of thiophene rings is 1. The van der Waals surface area contributed by atoms with Crippen LogP contribution in [0.25, 0.3) is 0 Å². The lowest BCUT2D eigenvalue weighted by atomic mass is 10.3. The lowest BCUT2D eigenvalue weighted by Gasteiger charge is -2.14. The molecular formula is C10H16N2O4S3. The van der Waals surface area contributed by atoms with E-state index in [2.05, 4.69) is 4.72 Å². The summed E-state index contributed by atoms with van der Waals surface area (Å²) in [5.74, 6) is 0. The highest BCUT2D eigenvalue weighted by Crippen LogP contribution is 2.22. The van der Waals surface area contributed by atoms with Gasteiger partial charge in [-0.1, -0.05) is 0 Å². The maximum absolute atomic E-state index is 12.1. The second-order valence-electron chi connectivity index (χ2n) is 4.59. The molecular weight excluding hydrogens is 308 g/mol. The Hall–Kier alpha value is -0.480. The predicted molar refractivity (Wildman–Crippen MR) is 74.2 cm³/mol. The maximum atomic E-state index is 12.1. The van der Waals surface area contributed by atoms with Crippen LogP contribution in [0.5, 0.6) is 0 Å². The molecule has 0 radical (unpaired) electrons. The fraction of sp³-hybridized carbons (Fsp3) is 0.600. The number of sulfonamides is 2. The fourth-order valence-corrected chi connectivity index (χ4v) is 5.41. The van der Waals surface area contributed by atoms with Crippen LogP contribution < -0.4 is 4.72 Å². The first-order valence-corrected chi connectivity index (χ1v) is 9.87. The zero-order chi connectivity index (χ0) is 14.3. The van der Waals surface area contributed by atoms with E-state index in [1.807, 2.05) is 6.92 Å². The van der Waals surface area contributed by atoms with E-state index in [0.29, 0.717) is 13.0 Å². The van der Waals surface area contributed by atoms with E-state index in [4.69, 9.17) is 0 Å². The van der Waals surface area contributed by atoms with Crippen LogP contribution in [0.15, 0.2) is 16.3 Å². The Balaban J connectivity index is 2.07. The molecule has 2 heterocycles. The van der Waals surface area contributed by atoms with Gasteiger partial charge in [0.1, 0.15) is 4.21 Å². The van der Waals surface area contributed by atoms with Gasteiger partial charge in [-0.05, 0) is 25.5 Å². The van der Waals surface area contributed by atoms with Gasteiger partial charge < -0.3 is 0 Å². The molecule has 0 amide bonds. The van der Waals surface area contributed by atoms with Crippen molar-refractivity contribution in [2.24, 2.45) is 0 Å². The molecule has 0 bridgehead atoms. The van der Waals surface area contributed by atoms with Crippen molar-refractivity contribution in [3.05, 3.63) is 17.0 Å². The highest BCUT2D eigenvalue weighted by molar-refractivity contribution is 7.91. The smallest absolute Gasteiger partial charge is 0.213 e. The lowest BCUT2D eigenvalue weighted by Crippen LogP contribution is -2.37. The van der Waals surface area contributed by atoms with E-state index in [0.717, 1.165) is 11.1 Å². The molecule has 0 aromatic carbocycles. The molecule has 9 heteroatoms. The van der Waals surface area contributed by atoms with Crippen molar-refractivity contribution in [1.29, 1.82) is 0 Å². The Labute approximate surface area is 117 Å². The Morgan fingerprint density at radius 1 is 1.32 bits per heavy atom. The molecule has 19 heavy (non-hydrogen) atoms. The summed E-state index contributed by atoms with van der Waals surface area (Å²) >= 11 is 1.20. The third-order valence-corrected chi connectivity index (χ3v) is 7.21. The zero-order valence-corrected chi connectivity index (χ0v) is 13.1. The highest BCUT2D eigenvalue weighted by Gasteiger charge is 2.31. The molecule has 0 saturated carbocycles. The second kappa shape index (κ2) is 5.13. The van der Waals surface area contributed by atoms with E-state index in [-0.39, 0.29) is 16.8 Å². The molecule has 1 saturated heterocycles. The van der Waals surface area contributed by atoms with Gasteiger partial charge in [0, 0.05) is 24.0 Å². The molecule has 0 aliphatic carbocycles. The van der Waals surface area contributed by atoms with E-state index < -0.39 is 20.0 Å². The van der Waals surface area contributed by atoms with Crippen LogP contribution in [-0.4, -0.2) is 46.5 Å². The molecule has 1 aromatic rings. The van der Waals surface area contributed by atoms with Crippen molar-refractivity contribution in [3.8, 4) is 0 Å². The SMILES string of the molecule is Cc1ccc(S(=O)(=O)NC2CCN(S(C)(=O)=O)C2)s1. The van der Waals surface area contributed by atoms with Gasteiger partial charge in [0.25, 0.3) is 0 Å². The molecule has 1 aromatic heterocycles. The van der Waals surface area contributed by atoms with Crippen molar-refractivity contribution >= 4 is 31.4 Å². The third-order valence-electron chi connectivity index (χ3n) is 2.92. The summed E-state index contributed by atoms with van der Waals surface area (Å²) in [6, 6.07) is 2.95. The first-order chi connectivity index (χ1) is 8.68. The van der Waals surface area contributed by atoms with Gasteiger partial charge in [-0.3, -0.25) is 0 Å². The number of hydrogen-bond acceptors (Lipinski definition) is 5. The van der Waals surface area contributed by atoms with Crippen molar-refractivity contribution in [2.75, 3.05) is 19.3 Å². The van der Waals surface area contributed by atoms with Crippen LogP contribution >= 0.6 is 11.3 Å². The normalized spacial score (nSPS) is 21.9. The predicted octanol–water partition coefficient (Wildman–Crippen LogP) is 0.369. The summed E-state index contributed by atoms with van der Waals surface area (Å²) in [6.45, 7) is 2.39. The Morgan fingerprint density at radius 3 is 2.47 bits per heavy atom. The molecule has 1 atom stereocenters. The maximum Gasteiger partial charge on any atom is 0.250 e. The van der Waals surface area contributed by atoms with Gasteiger partial charge in [0.15, 0.2) is 0 Å². The second-order valence-corrected chi connectivity index (χ2v) is 9.80. The van der Waals surface area contributed by atoms with E-state index in [9.17, 15) is 16.8 Å². The molecule has 1 unspecified atom stereocenters. The molecule has 1 fully saturated rings. The average Bonchev–Trinajstić information content (AvgIpc) is 2.85. The Bertz CT molecular complexity index is 663. The fourth-order valence-electron chi connectivity index (χ4n) is 1.96. The van der Waals surface area contributed by atoms with Crippen molar-refractivity contribution < 1.29 is 16.8 Å². The molecule has 2 rings (SSSR count). The minimum atomic E-state index is -3.54. The number of nitrogens with one attached hydrogen (secondary N) is 1. The number of hydrogen-bond donors (Lipinski definition) is 1. The molecule has 6 nitrogen and oxygen atoms in total. The van der Waals surface area contributed by atoms with Gasteiger partial charge >= 0.3 is 0 Å². The largest absolute Gasteiger partial charge is 0.250 e. The molecule has 1 aliphatic rings. The number of aryl methyl sites for hydroxylation is 1. The van der Waals surface area contributed by atoms with Gasteiger partial charge in [0.2, 0.25) is 20.0 Å². The summed E-state index contributed by atoms with van der Waals surface area (Å²) in [5.41, 5.74) is 0.